The molecule has 5 nitrogen and oxygen atoms in total. The molecule has 0 spiro atoms. The van der Waals surface area contributed by atoms with Gasteiger partial charge in [-0.1, -0.05) is 6.07 Å². The van der Waals surface area contributed by atoms with Crippen molar-refractivity contribution < 1.29 is 18.1 Å². The third-order valence-electron chi connectivity index (χ3n) is 3.32. The van der Waals surface area contributed by atoms with Gasteiger partial charge in [0.15, 0.2) is 0 Å². The van der Waals surface area contributed by atoms with Crippen molar-refractivity contribution >= 4 is 21.4 Å². The van der Waals surface area contributed by atoms with Crippen LogP contribution in [-0.4, -0.2) is 47.0 Å². The first kappa shape index (κ1) is 14.9. The van der Waals surface area contributed by atoms with Crippen molar-refractivity contribution in [1.82, 2.24) is 4.72 Å². The molecule has 1 fully saturated rings. The average molecular weight is 305 g/mol. The van der Waals surface area contributed by atoms with Gasteiger partial charge in [-0.3, -0.25) is 0 Å². The number of sulfonamides is 1. The van der Waals surface area contributed by atoms with Gasteiger partial charge >= 0.3 is 0 Å². The van der Waals surface area contributed by atoms with E-state index >= 15 is 0 Å². The summed E-state index contributed by atoms with van der Waals surface area (Å²) in [4.78, 5) is 2.61. The van der Waals surface area contributed by atoms with Gasteiger partial charge in [0.1, 0.15) is 19.1 Å². The molecule has 2 N–H and O–H groups in total. The summed E-state index contributed by atoms with van der Waals surface area (Å²) >= 11 is 1.68. The predicted octanol–water partition coefficient (Wildman–Crippen LogP) is -0.358. The highest BCUT2D eigenvalue weighted by molar-refractivity contribution is 7.88. The van der Waals surface area contributed by atoms with Crippen LogP contribution in [0, 0.1) is 0 Å². The molecule has 0 radical (unpaired) electrons. The Morgan fingerprint density at radius 1 is 1.42 bits per heavy atom. The summed E-state index contributed by atoms with van der Waals surface area (Å²) in [6.45, 7) is 5.25. The van der Waals surface area contributed by atoms with E-state index in [4.69, 9.17) is 4.74 Å². The molecule has 1 saturated heterocycles. The molecule has 0 bridgehead atoms. The third kappa shape index (κ3) is 4.25. The molecule has 0 aliphatic carbocycles. The van der Waals surface area contributed by atoms with E-state index in [1.807, 2.05) is 18.4 Å². The summed E-state index contributed by atoms with van der Waals surface area (Å²) in [5, 5.41) is 2.04. The number of nitrogens with one attached hydrogen (secondary N) is 2. The van der Waals surface area contributed by atoms with Crippen molar-refractivity contribution in [3.63, 3.8) is 0 Å². The molecule has 1 aromatic rings. The lowest BCUT2D eigenvalue weighted by Crippen LogP contribution is -3.15. The van der Waals surface area contributed by atoms with Crippen LogP contribution in [0.4, 0.5) is 0 Å². The number of hydrogen-bond acceptors (Lipinski definition) is 4. The molecule has 1 aliphatic rings. The second-order valence-corrected chi connectivity index (χ2v) is 7.70. The summed E-state index contributed by atoms with van der Waals surface area (Å²) < 4.78 is 31.0. The fraction of sp³-hybridized carbons (Fsp3) is 0.667. The van der Waals surface area contributed by atoms with Crippen LogP contribution >= 0.6 is 11.3 Å². The van der Waals surface area contributed by atoms with E-state index in [9.17, 15) is 8.42 Å². The number of rotatable bonds is 5. The Morgan fingerprint density at radius 2 is 2.11 bits per heavy atom. The molecule has 0 unspecified atom stereocenters. The van der Waals surface area contributed by atoms with Crippen LogP contribution in [0.5, 0.6) is 0 Å². The van der Waals surface area contributed by atoms with Crippen LogP contribution in [0.2, 0.25) is 0 Å². The Balaban J connectivity index is 2.18. The Labute approximate surface area is 118 Å². The predicted molar refractivity (Wildman–Crippen MR) is 76.0 cm³/mol. The van der Waals surface area contributed by atoms with Crippen molar-refractivity contribution in [3.8, 4) is 0 Å². The molecule has 7 heteroatoms. The average Bonchev–Trinajstić information content (AvgIpc) is 2.82. The Morgan fingerprint density at radius 3 is 2.63 bits per heavy atom. The van der Waals surface area contributed by atoms with Gasteiger partial charge in [-0.2, -0.15) is 0 Å². The van der Waals surface area contributed by atoms with Crippen molar-refractivity contribution in [2.45, 2.75) is 19.0 Å². The minimum Gasteiger partial charge on any atom is -0.370 e. The molecule has 0 saturated carbocycles. The maximum atomic E-state index is 11.5. The SMILES string of the molecule is C[C@H](NS(C)(=O)=O)[C@H](c1cccs1)[NH+]1CCOCC1. The summed E-state index contributed by atoms with van der Waals surface area (Å²) in [6.07, 6.45) is 1.21. The Kier molecular flexibility index (Phi) is 4.97. The lowest BCUT2D eigenvalue weighted by molar-refractivity contribution is -0.939. The first-order valence-corrected chi connectivity index (χ1v) is 9.17. The number of quaternary nitrogens is 1. The van der Waals surface area contributed by atoms with E-state index < -0.39 is 10.0 Å². The van der Waals surface area contributed by atoms with Gasteiger partial charge < -0.3 is 9.64 Å². The van der Waals surface area contributed by atoms with Crippen LogP contribution in [0.25, 0.3) is 0 Å². The summed E-state index contributed by atoms with van der Waals surface area (Å²) in [7, 11) is -3.19. The molecule has 1 aromatic heterocycles. The molecular weight excluding hydrogens is 284 g/mol. The Bertz CT molecular complexity index is 481. The zero-order valence-corrected chi connectivity index (χ0v) is 12.9. The van der Waals surface area contributed by atoms with Gasteiger partial charge in [-0.05, 0) is 18.4 Å². The van der Waals surface area contributed by atoms with Gasteiger partial charge in [-0.25, -0.2) is 13.1 Å². The molecular formula is C12H21N2O3S2+. The highest BCUT2D eigenvalue weighted by Crippen LogP contribution is 2.20. The first-order valence-electron chi connectivity index (χ1n) is 6.40. The van der Waals surface area contributed by atoms with Crippen LogP contribution in [-0.2, 0) is 14.8 Å². The third-order valence-corrected chi connectivity index (χ3v) is 5.08. The van der Waals surface area contributed by atoms with Crippen LogP contribution in [0.1, 0.15) is 17.8 Å². The highest BCUT2D eigenvalue weighted by atomic mass is 32.2. The molecule has 2 heterocycles. The minimum absolute atomic E-state index is 0.123. The molecule has 2 rings (SSSR count). The number of morpholine rings is 1. The highest BCUT2D eigenvalue weighted by Gasteiger charge is 2.33. The molecule has 2 atom stereocenters. The van der Waals surface area contributed by atoms with Crippen molar-refractivity contribution in [3.05, 3.63) is 22.4 Å². The lowest BCUT2D eigenvalue weighted by atomic mass is 10.1. The van der Waals surface area contributed by atoms with E-state index in [1.165, 1.54) is 16.0 Å². The minimum atomic E-state index is -3.19. The van der Waals surface area contributed by atoms with E-state index in [-0.39, 0.29) is 12.1 Å². The van der Waals surface area contributed by atoms with Gasteiger partial charge in [0.05, 0.1) is 30.4 Å². The van der Waals surface area contributed by atoms with Crippen LogP contribution in [0.15, 0.2) is 17.5 Å². The standard InChI is InChI=1S/C12H20N2O3S2/c1-10(13-19(2,15)16)12(11-4-3-9-18-11)14-5-7-17-8-6-14/h3-4,9-10,12-13H,5-8H2,1-2H3/p+1/t10-,12+/m0/s1. The summed E-state index contributed by atoms with van der Waals surface area (Å²) in [6, 6.07) is 4.12. The quantitative estimate of drug-likeness (QED) is 0.781. The number of ether oxygens (including phenoxy) is 1. The summed E-state index contributed by atoms with van der Waals surface area (Å²) in [5.41, 5.74) is 0. The molecule has 19 heavy (non-hydrogen) atoms. The van der Waals surface area contributed by atoms with E-state index in [0.717, 1.165) is 26.3 Å². The monoisotopic (exact) mass is 305 g/mol. The second-order valence-electron chi connectivity index (χ2n) is 4.94. The fourth-order valence-corrected chi connectivity index (χ4v) is 4.42. The van der Waals surface area contributed by atoms with Gasteiger partial charge in [0.25, 0.3) is 0 Å². The lowest BCUT2D eigenvalue weighted by Gasteiger charge is -2.34. The normalized spacial score (nSPS) is 21.2. The van der Waals surface area contributed by atoms with Crippen molar-refractivity contribution in [2.75, 3.05) is 32.6 Å². The zero-order chi connectivity index (χ0) is 13.9. The van der Waals surface area contributed by atoms with Gasteiger partial charge in [0, 0.05) is 0 Å². The smallest absolute Gasteiger partial charge is 0.209 e. The van der Waals surface area contributed by atoms with E-state index in [0.29, 0.717) is 0 Å². The molecule has 1 aliphatic heterocycles. The maximum absolute atomic E-state index is 11.5. The summed E-state index contributed by atoms with van der Waals surface area (Å²) in [5.74, 6) is 0. The van der Waals surface area contributed by atoms with Crippen molar-refractivity contribution in [1.29, 1.82) is 0 Å². The number of hydrogen-bond donors (Lipinski definition) is 2. The fourth-order valence-electron chi connectivity index (χ4n) is 2.62. The maximum Gasteiger partial charge on any atom is 0.209 e. The first-order chi connectivity index (χ1) is 8.97. The zero-order valence-electron chi connectivity index (χ0n) is 11.3. The molecule has 0 aromatic carbocycles. The van der Waals surface area contributed by atoms with Crippen molar-refractivity contribution in [2.24, 2.45) is 0 Å². The molecule has 0 amide bonds. The van der Waals surface area contributed by atoms with Crippen LogP contribution < -0.4 is 9.62 Å². The number of thiophene rings is 1. The van der Waals surface area contributed by atoms with E-state index in [1.54, 1.807) is 11.3 Å². The topological polar surface area (TPSA) is 59.8 Å². The second kappa shape index (κ2) is 6.32. The van der Waals surface area contributed by atoms with E-state index in [2.05, 4.69) is 10.8 Å². The molecule has 108 valence electrons. The Hall–Kier alpha value is -0.470. The van der Waals surface area contributed by atoms with Crippen LogP contribution in [0.3, 0.4) is 0 Å². The largest absolute Gasteiger partial charge is 0.370 e. The van der Waals surface area contributed by atoms with Gasteiger partial charge in [0.2, 0.25) is 10.0 Å². The van der Waals surface area contributed by atoms with Gasteiger partial charge in [-0.15, -0.1) is 11.3 Å².